The van der Waals surface area contributed by atoms with Crippen molar-refractivity contribution in [2.75, 3.05) is 13.7 Å². The summed E-state index contributed by atoms with van der Waals surface area (Å²) in [5.41, 5.74) is 1.94. The van der Waals surface area contributed by atoms with E-state index in [1.807, 2.05) is 13.0 Å². The van der Waals surface area contributed by atoms with Gasteiger partial charge in [0.1, 0.15) is 5.75 Å². The Bertz CT molecular complexity index is 430. The quantitative estimate of drug-likeness (QED) is 0.892. The summed E-state index contributed by atoms with van der Waals surface area (Å²) in [6.07, 6.45) is 0.349. The van der Waals surface area contributed by atoms with Crippen LogP contribution in [0.25, 0.3) is 0 Å². The van der Waals surface area contributed by atoms with Gasteiger partial charge in [-0.2, -0.15) is 0 Å². The first-order chi connectivity index (χ1) is 8.43. The van der Waals surface area contributed by atoms with E-state index in [0.717, 1.165) is 11.1 Å². The molecule has 0 saturated carbocycles. The van der Waals surface area contributed by atoms with Crippen molar-refractivity contribution >= 4 is 17.5 Å². The van der Waals surface area contributed by atoms with Gasteiger partial charge in [-0.15, -0.1) is 0 Å². The predicted octanol–water partition coefficient (Wildman–Crippen LogP) is 2.97. The summed E-state index contributed by atoms with van der Waals surface area (Å²) < 4.78 is 5.13. The highest BCUT2D eigenvalue weighted by Crippen LogP contribution is 2.27. The SMILES string of the molecule is COc1cc(C)c(CC(=O)NCC(C)C)cc1Cl. The number of rotatable bonds is 5. The zero-order valence-corrected chi connectivity index (χ0v) is 12.1. The first-order valence-corrected chi connectivity index (χ1v) is 6.41. The average Bonchev–Trinajstić information content (AvgIpc) is 2.30. The number of hydrogen-bond acceptors (Lipinski definition) is 2. The van der Waals surface area contributed by atoms with Crippen LogP contribution < -0.4 is 10.1 Å². The summed E-state index contributed by atoms with van der Waals surface area (Å²) in [6, 6.07) is 3.65. The van der Waals surface area contributed by atoms with Crippen LogP contribution in [0.4, 0.5) is 0 Å². The number of benzene rings is 1. The third-order valence-electron chi connectivity index (χ3n) is 2.67. The number of carbonyl (C=O) groups is 1. The highest BCUT2D eigenvalue weighted by Gasteiger charge is 2.10. The van der Waals surface area contributed by atoms with E-state index in [2.05, 4.69) is 19.2 Å². The molecule has 0 aliphatic rings. The topological polar surface area (TPSA) is 38.3 Å². The fourth-order valence-corrected chi connectivity index (χ4v) is 1.86. The lowest BCUT2D eigenvalue weighted by atomic mass is 10.0. The van der Waals surface area contributed by atoms with Crippen molar-refractivity contribution in [2.24, 2.45) is 5.92 Å². The van der Waals surface area contributed by atoms with Gasteiger partial charge in [0.15, 0.2) is 0 Å². The average molecular weight is 270 g/mol. The van der Waals surface area contributed by atoms with Crippen LogP contribution in [0.1, 0.15) is 25.0 Å². The summed E-state index contributed by atoms with van der Waals surface area (Å²) in [7, 11) is 1.58. The zero-order valence-electron chi connectivity index (χ0n) is 11.3. The normalized spacial score (nSPS) is 10.6. The van der Waals surface area contributed by atoms with Gasteiger partial charge < -0.3 is 10.1 Å². The third-order valence-corrected chi connectivity index (χ3v) is 2.96. The largest absolute Gasteiger partial charge is 0.495 e. The Morgan fingerprint density at radius 2 is 2.11 bits per heavy atom. The van der Waals surface area contributed by atoms with Crippen molar-refractivity contribution in [1.82, 2.24) is 5.32 Å². The van der Waals surface area contributed by atoms with Crippen LogP contribution in [0.15, 0.2) is 12.1 Å². The molecule has 0 saturated heterocycles. The maximum Gasteiger partial charge on any atom is 0.224 e. The second-order valence-corrected chi connectivity index (χ2v) is 5.20. The molecule has 0 fully saturated rings. The van der Waals surface area contributed by atoms with E-state index in [-0.39, 0.29) is 5.91 Å². The van der Waals surface area contributed by atoms with Crippen LogP contribution >= 0.6 is 11.6 Å². The van der Waals surface area contributed by atoms with Crippen LogP contribution in [0.3, 0.4) is 0 Å². The third kappa shape index (κ3) is 4.22. The summed E-state index contributed by atoms with van der Waals surface area (Å²) >= 11 is 6.06. The van der Waals surface area contributed by atoms with E-state index in [1.54, 1.807) is 13.2 Å². The summed E-state index contributed by atoms with van der Waals surface area (Å²) in [5, 5.41) is 3.43. The van der Waals surface area contributed by atoms with Gasteiger partial charge in [0, 0.05) is 6.54 Å². The Kier molecular flexibility index (Phi) is 5.48. The first kappa shape index (κ1) is 14.8. The Hall–Kier alpha value is -1.22. The maximum absolute atomic E-state index is 11.7. The van der Waals surface area contributed by atoms with Crippen molar-refractivity contribution in [3.8, 4) is 5.75 Å². The van der Waals surface area contributed by atoms with Crippen LogP contribution in [-0.2, 0) is 11.2 Å². The molecule has 1 N–H and O–H groups in total. The van der Waals surface area contributed by atoms with Gasteiger partial charge in [-0.3, -0.25) is 4.79 Å². The van der Waals surface area contributed by atoms with Crippen molar-refractivity contribution in [2.45, 2.75) is 27.2 Å². The molecule has 0 heterocycles. The molecular formula is C14H20ClNO2. The van der Waals surface area contributed by atoms with Gasteiger partial charge in [-0.25, -0.2) is 0 Å². The molecule has 4 heteroatoms. The van der Waals surface area contributed by atoms with E-state index in [9.17, 15) is 4.79 Å². The standard InChI is InChI=1S/C14H20ClNO2/c1-9(2)8-16-14(17)7-11-6-12(15)13(18-4)5-10(11)3/h5-6,9H,7-8H2,1-4H3,(H,16,17). The van der Waals surface area contributed by atoms with E-state index >= 15 is 0 Å². The summed E-state index contributed by atoms with van der Waals surface area (Å²) in [4.78, 5) is 11.7. The molecule has 0 unspecified atom stereocenters. The van der Waals surface area contributed by atoms with Crippen LogP contribution in [0.5, 0.6) is 5.75 Å². The molecule has 1 aromatic carbocycles. The minimum Gasteiger partial charge on any atom is -0.495 e. The van der Waals surface area contributed by atoms with Crippen molar-refractivity contribution < 1.29 is 9.53 Å². The number of ether oxygens (including phenoxy) is 1. The number of methoxy groups -OCH3 is 1. The number of amides is 1. The van der Waals surface area contributed by atoms with E-state index in [1.165, 1.54) is 0 Å². The molecule has 0 spiro atoms. The van der Waals surface area contributed by atoms with E-state index in [4.69, 9.17) is 16.3 Å². The molecule has 1 amide bonds. The first-order valence-electron chi connectivity index (χ1n) is 6.03. The lowest BCUT2D eigenvalue weighted by Gasteiger charge is -2.11. The Morgan fingerprint density at radius 3 is 2.67 bits per heavy atom. The second kappa shape index (κ2) is 6.64. The minimum atomic E-state index is 0.0213. The lowest BCUT2D eigenvalue weighted by Crippen LogP contribution is -2.28. The Balaban J connectivity index is 2.73. The molecule has 1 rings (SSSR count). The zero-order chi connectivity index (χ0) is 13.7. The molecule has 0 aliphatic heterocycles. The van der Waals surface area contributed by atoms with Gasteiger partial charge in [0.2, 0.25) is 5.91 Å². The molecule has 3 nitrogen and oxygen atoms in total. The van der Waals surface area contributed by atoms with Gasteiger partial charge >= 0.3 is 0 Å². The fourth-order valence-electron chi connectivity index (χ4n) is 1.60. The molecule has 100 valence electrons. The van der Waals surface area contributed by atoms with Gasteiger partial charge in [-0.05, 0) is 36.1 Å². The molecule has 0 atom stereocenters. The highest BCUT2D eigenvalue weighted by atomic mass is 35.5. The van der Waals surface area contributed by atoms with Gasteiger partial charge in [0.05, 0.1) is 18.6 Å². The van der Waals surface area contributed by atoms with Gasteiger partial charge in [-0.1, -0.05) is 25.4 Å². The molecule has 0 bridgehead atoms. The number of carbonyl (C=O) groups excluding carboxylic acids is 1. The maximum atomic E-state index is 11.7. The molecule has 1 aromatic rings. The summed E-state index contributed by atoms with van der Waals surface area (Å²) in [5.74, 6) is 1.11. The van der Waals surface area contributed by atoms with Crippen molar-refractivity contribution in [3.05, 3.63) is 28.3 Å². The Labute approximate surface area is 113 Å². The number of nitrogens with one attached hydrogen (secondary N) is 1. The second-order valence-electron chi connectivity index (χ2n) is 4.79. The number of aryl methyl sites for hydroxylation is 1. The van der Waals surface area contributed by atoms with E-state index in [0.29, 0.717) is 29.7 Å². The Morgan fingerprint density at radius 1 is 1.44 bits per heavy atom. The number of hydrogen-bond donors (Lipinski definition) is 1. The van der Waals surface area contributed by atoms with Crippen LogP contribution in [0.2, 0.25) is 5.02 Å². The highest BCUT2D eigenvalue weighted by molar-refractivity contribution is 6.32. The predicted molar refractivity (Wildman–Crippen MR) is 74.3 cm³/mol. The minimum absolute atomic E-state index is 0.0213. The molecule has 0 aromatic heterocycles. The lowest BCUT2D eigenvalue weighted by molar-refractivity contribution is -0.120. The monoisotopic (exact) mass is 269 g/mol. The fraction of sp³-hybridized carbons (Fsp3) is 0.500. The van der Waals surface area contributed by atoms with Crippen molar-refractivity contribution in [1.29, 1.82) is 0 Å². The van der Waals surface area contributed by atoms with Crippen molar-refractivity contribution in [3.63, 3.8) is 0 Å². The smallest absolute Gasteiger partial charge is 0.224 e. The molecular weight excluding hydrogens is 250 g/mol. The molecule has 18 heavy (non-hydrogen) atoms. The van der Waals surface area contributed by atoms with E-state index < -0.39 is 0 Å². The van der Waals surface area contributed by atoms with Crippen LogP contribution in [0, 0.1) is 12.8 Å². The molecule has 0 aliphatic carbocycles. The van der Waals surface area contributed by atoms with Crippen LogP contribution in [-0.4, -0.2) is 19.6 Å². The number of halogens is 1. The molecule has 0 radical (unpaired) electrons. The van der Waals surface area contributed by atoms with Gasteiger partial charge in [0.25, 0.3) is 0 Å². The summed E-state index contributed by atoms with van der Waals surface area (Å²) in [6.45, 7) is 6.78.